The molecule has 1 atom stereocenters. The first kappa shape index (κ1) is 18.4. The molecule has 1 N–H and O–H groups in total. The number of benzene rings is 1. The maximum atomic E-state index is 13.8. The molecule has 0 radical (unpaired) electrons. The van der Waals surface area contributed by atoms with Gasteiger partial charge in [-0.15, -0.1) is 0 Å². The fourth-order valence-corrected chi connectivity index (χ4v) is 2.34. The fraction of sp³-hybridized carbons (Fsp3) is 0.375. The second-order valence-corrected chi connectivity index (χ2v) is 5.23. The van der Waals surface area contributed by atoms with Crippen molar-refractivity contribution in [3.05, 3.63) is 30.1 Å². The van der Waals surface area contributed by atoms with Crippen LogP contribution in [0.25, 0.3) is 0 Å². The topological polar surface area (TPSA) is 102 Å². The van der Waals surface area contributed by atoms with Crippen molar-refractivity contribution in [2.45, 2.75) is 13.3 Å². The number of nitrogens with zero attached hydrogens (tertiary/aromatic N) is 1. The Morgan fingerprint density at radius 2 is 2.00 bits per heavy atom. The van der Waals surface area contributed by atoms with E-state index in [9.17, 15) is 23.6 Å². The van der Waals surface area contributed by atoms with E-state index in [4.69, 9.17) is 4.74 Å². The third-order valence-electron chi connectivity index (χ3n) is 3.46. The number of carbonyl (C=O) groups excluding carboxylic acids is 4. The summed E-state index contributed by atoms with van der Waals surface area (Å²) in [5.41, 5.74) is 0.0860. The summed E-state index contributed by atoms with van der Waals surface area (Å²) in [6.45, 7) is 0.942. The monoisotopic (exact) mass is 352 g/mol. The zero-order chi connectivity index (χ0) is 18.4. The van der Waals surface area contributed by atoms with Gasteiger partial charge >= 0.3 is 12.1 Å². The number of hydrogen-bond donors (Lipinski definition) is 1. The smallest absolute Gasteiger partial charge is 0.413 e. The first-order chi connectivity index (χ1) is 11.9. The summed E-state index contributed by atoms with van der Waals surface area (Å²) in [6, 6.07) is 5.73. The highest BCUT2D eigenvalue weighted by Crippen LogP contribution is 2.27. The fourth-order valence-electron chi connectivity index (χ4n) is 2.34. The van der Waals surface area contributed by atoms with Crippen molar-refractivity contribution in [3.8, 4) is 0 Å². The third-order valence-corrected chi connectivity index (χ3v) is 3.46. The third kappa shape index (κ3) is 4.75. The zero-order valence-corrected chi connectivity index (χ0v) is 13.5. The van der Waals surface area contributed by atoms with Gasteiger partial charge in [0, 0.05) is 13.0 Å². The van der Waals surface area contributed by atoms with E-state index in [0.717, 1.165) is 0 Å². The molecule has 9 heteroatoms. The van der Waals surface area contributed by atoms with Crippen LogP contribution >= 0.6 is 0 Å². The van der Waals surface area contributed by atoms with Gasteiger partial charge in [-0.2, -0.15) is 0 Å². The Balaban J connectivity index is 1.87. The lowest BCUT2D eigenvalue weighted by Gasteiger charge is -2.17. The van der Waals surface area contributed by atoms with Crippen molar-refractivity contribution in [1.82, 2.24) is 5.32 Å². The molecule has 1 heterocycles. The van der Waals surface area contributed by atoms with E-state index in [1.54, 1.807) is 13.0 Å². The van der Waals surface area contributed by atoms with E-state index >= 15 is 0 Å². The highest BCUT2D eigenvalue weighted by Gasteiger charge is 2.37. The van der Waals surface area contributed by atoms with Crippen LogP contribution in [0.1, 0.15) is 13.3 Å². The minimum Gasteiger partial charge on any atom is -0.455 e. The van der Waals surface area contributed by atoms with E-state index in [1.807, 2.05) is 5.32 Å². The highest BCUT2D eigenvalue weighted by molar-refractivity contribution is 6.00. The Kier molecular flexibility index (Phi) is 6.04. The number of ether oxygens (including phenoxy) is 2. The molecule has 0 spiro atoms. The first-order valence-corrected chi connectivity index (χ1v) is 7.60. The van der Waals surface area contributed by atoms with E-state index in [1.165, 1.54) is 23.1 Å². The molecule has 1 aromatic carbocycles. The lowest BCUT2D eigenvalue weighted by atomic mass is 10.1. The lowest BCUT2D eigenvalue weighted by Crippen LogP contribution is -2.35. The van der Waals surface area contributed by atoms with Gasteiger partial charge in [0.1, 0.15) is 5.82 Å². The number of imide groups is 1. The van der Waals surface area contributed by atoms with E-state index in [0.29, 0.717) is 0 Å². The molecule has 0 saturated carbocycles. The SMILES string of the molecule is CCOC(=O)NC(=O)COC(=O)[C@@H]1CC(=O)N(c2ccccc2F)C1. The van der Waals surface area contributed by atoms with Gasteiger partial charge in [0.2, 0.25) is 5.91 Å². The van der Waals surface area contributed by atoms with Gasteiger partial charge in [0.25, 0.3) is 5.91 Å². The molecule has 0 bridgehead atoms. The lowest BCUT2D eigenvalue weighted by molar-refractivity contribution is -0.152. The van der Waals surface area contributed by atoms with Crippen LogP contribution in [0.15, 0.2) is 24.3 Å². The normalized spacial score (nSPS) is 16.5. The quantitative estimate of drug-likeness (QED) is 0.793. The summed E-state index contributed by atoms with van der Waals surface area (Å²) >= 11 is 0. The zero-order valence-electron chi connectivity index (χ0n) is 13.5. The average Bonchev–Trinajstić information content (AvgIpc) is 2.95. The minimum absolute atomic E-state index is 0.0436. The molecule has 0 unspecified atom stereocenters. The van der Waals surface area contributed by atoms with Crippen LogP contribution < -0.4 is 10.2 Å². The number of carbonyl (C=O) groups is 4. The van der Waals surface area contributed by atoms with Gasteiger partial charge < -0.3 is 14.4 Å². The van der Waals surface area contributed by atoms with Gasteiger partial charge in [-0.1, -0.05) is 12.1 Å². The van der Waals surface area contributed by atoms with Gasteiger partial charge in [0.15, 0.2) is 6.61 Å². The molecule has 1 aromatic rings. The van der Waals surface area contributed by atoms with Gasteiger partial charge in [-0.3, -0.25) is 19.7 Å². The first-order valence-electron chi connectivity index (χ1n) is 7.60. The Hall–Kier alpha value is -2.97. The van der Waals surface area contributed by atoms with Crippen LogP contribution in [-0.4, -0.2) is 43.6 Å². The highest BCUT2D eigenvalue weighted by atomic mass is 19.1. The molecule has 2 rings (SSSR count). The van der Waals surface area contributed by atoms with Crippen LogP contribution in [0.3, 0.4) is 0 Å². The number of rotatable bonds is 5. The largest absolute Gasteiger partial charge is 0.455 e. The van der Waals surface area contributed by atoms with Gasteiger partial charge in [-0.05, 0) is 19.1 Å². The molecule has 25 heavy (non-hydrogen) atoms. The maximum absolute atomic E-state index is 13.8. The number of halogens is 1. The van der Waals surface area contributed by atoms with Crippen LogP contribution in [0.4, 0.5) is 14.9 Å². The summed E-state index contributed by atoms with van der Waals surface area (Å²) in [4.78, 5) is 47.6. The van der Waals surface area contributed by atoms with Crippen molar-refractivity contribution in [2.24, 2.45) is 5.92 Å². The number of esters is 1. The summed E-state index contributed by atoms with van der Waals surface area (Å²) in [7, 11) is 0. The van der Waals surface area contributed by atoms with Gasteiger partial charge in [-0.25, -0.2) is 9.18 Å². The molecule has 1 fully saturated rings. The molecule has 1 aliphatic rings. The van der Waals surface area contributed by atoms with Crippen molar-refractivity contribution in [3.63, 3.8) is 0 Å². The molecule has 3 amide bonds. The van der Waals surface area contributed by atoms with Crippen molar-refractivity contribution in [2.75, 3.05) is 24.7 Å². The van der Waals surface area contributed by atoms with E-state index < -0.39 is 42.2 Å². The van der Waals surface area contributed by atoms with Crippen LogP contribution in [-0.2, 0) is 23.9 Å². The standard InChI is InChI=1S/C16H17FN2O6/c1-2-24-16(23)18-13(20)9-25-15(22)10-7-14(21)19(8-10)12-6-4-3-5-11(12)17/h3-6,10H,2,7-9H2,1H3,(H,18,20,23)/t10-/m1/s1. The molecular formula is C16H17FN2O6. The second kappa shape index (κ2) is 8.22. The van der Waals surface area contributed by atoms with Crippen molar-refractivity contribution < 1.29 is 33.0 Å². The van der Waals surface area contributed by atoms with Crippen LogP contribution in [0, 0.1) is 11.7 Å². The summed E-state index contributed by atoms with van der Waals surface area (Å²) in [6.07, 6.45) is -1.09. The molecule has 1 aliphatic heterocycles. The summed E-state index contributed by atoms with van der Waals surface area (Å²) in [5, 5.41) is 1.87. The maximum Gasteiger partial charge on any atom is 0.413 e. The second-order valence-electron chi connectivity index (χ2n) is 5.23. The number of para-hydroxylation sites is 1. The Morgan fingerprint density at radius 1 is 1.28 bits per heavy atom. The Labute approximate surface area is 142 Å². The summed E-state index contributed by atoms with van der Waals surface area (Å²) < 4.78 is 23.1. The minimum atomic E-state index is -0.940. The van der Waals surface area contributed by atoms with Crippen LogP contribution in [0.2, 0.25) is 0 Å². The number of anilines is 1. The Morgan fingerprint density at radius 3 is 2.68 bits per heavy atom. The molecule has 1 saturated heterocycles. The van der Waals surface area contributed by atoms with Crippen molar-refractivity contribution in [1.29, 1.82) is 0 Å². The number of nitrogens with one attached hydrogen (secondary N) is 1. The number of hydrogen-bond acceptors (Lipinski definition) is 6. The average molecular weight is 352 g/mol. The molecular weight excluding hydrogens is 335 g/mol. The predicted octanol–water partition coefficient (Wildman–Crippen LogP) is 0.995. The van der Waals surface area contributed by atoms with Crippen molar-refractivity contribution >= 4 is 29.6 Å². The van der Waals surface area contributed by atoms with Crippen LogP contribution in [0.5, 0.6) is 0 Å². The summed E-state index contributed by atoms with van der Waals surface area (Å²) in [5.74, 6) is -3.42. The molecule has 8 nitrogen and oxygen atoms in total. The van der Waals surface area contributed by atoms with E-state index in [-0.39, 0.29) is 25.3 Å². The molecule has 0 aliphatic carbocycles. The number of alkyl carbamates (subject to hydrolysis) is 1. The Bertz CT molecular complexity index is 693. The van der Waals surface area contributed by atoms with E-state index in [2.05, 4.69) is 4.74 Å². The number of amides is 3. The molecule has 0 aromatic heterocycles. The van der Waals surface area contributed by atoms with Gasteiger partial charge in [0.05, 0.1) is 18.2 Å². The molecule has 134 valence electrons. The predicted molar refractivity (Wildman–Crippen MR) is 83.0 cm³/mol.